The molecule has 0 saturated carbocycles. The number of nitrogens with zero attached hydrogens (tertiary/aromatic N) is 1. The molecule has 20 heavy (non-hydrogen) atoms. The van der Waals surface area contributed by atoms with Crippen molar-refractivity contribution in [1.82, 2.24) is 4.90 Å². The molecule has 4 nitrogen and oxygen atoms in total. The van der Waals surface area contributed by atoms with Crippen molar-refractivity contribution in [3.8, 4) is 11.8 Å². The van der Waals surface area contributed by atoms with Crippen molar-refractivity contribution in [3.05, 3.63) is 35.4 Å². The van der Waals surface area contributed by atoms with Crippen molar-refractivity contribution in [3.63, 3.8) is 0 Å². The summed E-state index contributed by atoms with van der Waals surface area (Å²) in [5.74, 6) is 5.33. The quantitative estimate of drug-likeness (QED) is 0.633. The molecule has 108 valence electrons. The molecule has 0 aromatic heterocycles. The molecule has 1 N–H and O–H groups in total. The first-order chi connectivity index (χ1) is 9.74. The third-order valence-corrected chi connectivity index (χ3v) is 2.84. The van der Waals surface area contributed by atoms with E-state index < -0.39 is 0 Å². The molecule has 0 atom stereocenters. The maximum Gasteiger partial charge on any atom is 0.255 e. The highest BCUT2D eigenvalue weighted by Gasteiger charge is 2.16. The molecule has 1 rings (SSSR count). The predicted molar refractivity (Wildman–Crippen MR) is 78.5 cm³/mol. The zero-order valence-corrected chi connectivity index (χ0v) is 12.1. The topological polar surface area (TPSA) is 49.8 Å². The smallest absolute Gasteiger partial charge is 0.255 e. The van der Waals surface area contributed by atoms with Crippen LogP contribution in [0.3, 0.4) is 0 Å². The molecule has 0 aliphatic heterocycles. The minimum absolute atomic E-state index is 0.0601. The van der Waals surface area contributed by atoms with E-state index in [9.17, 15) is 4.79 Å². The molecule has 0 aliphatic carbocycles. The summed E-state index contributed by atoms with van der Waals surface area (Å²) in [6.07, 6.45) is 0. The van der Waals surface area contributed by atoms with Gasteiger partial charge in [0, 0.05) is 25.3 Å². The van der Waals surface area contributed by atoms with E-state index in [-0.39, 0.29) is 12.5 Å². The number of amides is 1. The lowest BCUT2D eigenvalue weighted by Crippen LogP contribution is -2.34. The Kier molecular flexibility index (Phi) is 7.41. The Morgan fingerprint density at radius 3 is 2.75 bits per heavy atom. The van der Waals surface area contributed by atoms with Gasteiger partial charge in [-0.15, -0.1) is 0 Å². The Hall–Kier alpha value is -1.83. The molecule has 0 spiro atoms. The molecule has 0 fully saturated rings. The van der Waals surface area contributed by atoms with Gasteiger partial charge in [-0.05, 0) is 26.0 Å². The number of aliphatic hydroxyl groups is 1. The van der Waals surface area contributed by atoms with Crippen molar-refractivity contribution in [2.45, 2.75) is 13.8 Å². The van der Waals surface area contributed by atoms with Crippen molar-refractivity contribution in [1.29, 1.82) is 0 Å². The molecular weight excluding hydrogens is 254 g/mol. The van der Waals surface area contributed by atoms with E-state index in [1.54, 1.807) is 17.0 Å². The molecule has 1 aromatic rings. The maximum atomic E-state index is 12.5. The second-order valence-corrected chi connectivity index (χ2v) is 4.09. The second-order valence-electron chi connectivity index (χ2n) is 4.09. The van der Waals surface area contributed by atoms with E-state index >= 15 is 0 Å². The van der Waals surface area contributed by atoms with Crippen LogP contribution in [0.4, 0.5) is 0 Å². The van der Waals surface area contributed by atoms with E-state index in [1.165, 1.54) is 0 Å². The first-order valence-corrected chi connectivity index (χ1v) is 6.80. The third-order valence-electron chi connectivity index (χ3n) is 2.84. The molecule has 0 saturated heterocycles. The molecule has 1 amide bonds. The van der Waals surface area contributed by atoms with Crippen molar-refractivity contribution in [2.24, 2.45) is 0 Å². The number of hydrogen-bond donors (Lipinski definition) is 1. The normalized spacial score (nSPS) is 9.75. The van der Waals surface area contributed by atoms with Crippen LogP contribution in [0.5, 0.6) is 0 Å². The number of carbonyl (C=O) groups excluding carboxylic acids is 1. The van der Waals surface area contributed by atoms with Crippen molar-refractivity contribution < 1.29 is 14.6 Å². The Morgan fingerprint density at radius 1 is 1.35 bits per heavy atom. The standard InChI is InChI=1S/C16H21NO3/c1-3-17(11-13-20-4-2)16(19)15-10-6-5-8-14(15)9-7-12-18/h5-6,8,10,18H,3-4,11-13H2,1-2H3. The number of ether oxygens (including phenoxy) is 1. The fraction of sp³-hybridized carbons (Fsp3) is 0.438. The van der Waals surface area contributed by atoms with Gasteiger partial charge in [-0.2, -0.15) is 0 Å². The first-order valence-electron chi connectivity index (χ1n) is 6.80. The van der Waals surface area contributed by atoms with E-state index in [4.69, 9.17) is 9.84 Å². The van der Waals surface area contributed by atoms with Gasteiger partial charge >= 0.3 is 0 Å². The van der Waals surface area contributed by atoms with Crippen molar-refractivity contribution in [2.75, 3.05) is 32.9 Å². The maximum absolute atomic E-state index is 12.5. The van der Waals surface area contributed by atoms with Crippen LogP contribution in [0.1, 0.15) is 29.8 Å². The Labute approximate surface area is 120 Å². The first kappa shape index (κ1) is 16.2. The lowest BCUT2D eigenvalue weighted by atomic mass is 10.1. The van der Waals surface area contributed by atoms with E-state index in [2.05, 4.69) is 11.8 Å². The van der Waals surface area contributed by atoms with Crippen LogP contribution < -0.4 is 0 Å². The highest BCUT2D eigenvalue weighted by molar-refractivity contribution is 5.96. The number of rotatable bonds is 6. The van der Waals surface area contributed by atoms with Crippen molar-refractivity contribution >= 4 is 5.91 Å². The van der Waals surface area contributed by atoms with Gasteiger partial charge in [0.1, 0.15) is 6.61 Å². The number of aliphatic hydroxyl groups excluding tert-OH is 1. The number of likely N-dealkylation sites (N-methyl/N-ethyl adjacent to an activating group) is 1. The van der Waals surface area contributed by atoms with Gasteiger partial charge in [-0.25, -0.2) is 0 Å². The van der Waals surface area contributed by atoms with Crippen LogP contribution in [0.2, 0.25) is 0 Å². The Bertz CT molecular complexity index is 488. The molecule has 0 unspecified atom stereocenters. The fourth-order valence-electron chi connectivity index (χ4n) is 1.81. The van der Waals surface area contributed by atoms with E-state index in [1.807, 2.05) is 26.0 Å². The summed E-state index contributed by atoms with van der Waals surface area (Å²) in [5.41, 5.74) is 1.20. The molecule has 0 aliphatic rings. The minimum atomic E-state index is -0.218. The summed E-state index contributed by atoms with van der Waals surface area (Å²) < 4.78 is 5.29. The molecule has 1 aromatic carbocycles. The van der Waals surface area contributed by atoms with Gasteiger partial charge in [0.05, 0.1) is 12.2 Å². The summed E-state index contributed by atoms with van der Waals surface area (Å²) in [6.45, 7) is 6.00. The van der Waals surface area contributed by atoms with Gasteiger partial charge in [0.25, 0.3) is 5.91 Å². The summed E-state index contributed by atoms with van der Waals surface area (Å²) in [5, 5.41) is 8.77. The molecule has 4 heteroatoms. The molecule has 0 bridgehead atoms. The van der Waals surface area contributed by atoms with Crippen LogP contribution in [0.25, 0.3) is 0 Å². The highest BCUT2D eigenvalue weighted by Crippen LogP contribution is 2.11. The zero-order valence-electron chi connectivity index (χ0n) is 12.1. The third kappa shape index (κ3) is 4.69. The molecule has 0 heterocycles. The Balaban J connectivity index is 2.89. The predicted octanol–water partition coefficient (Wildman–Crippen LogP) is 1.53. The lowest BCUT2D eigenvalue weighted by molar-refractivity contribution is 0.0669. The fourth-order valence-corrected chi connectivity index (χ4v) is 1.81. The van der Waals surface area contributed by atoms with E-state index in [0.29, 0.717) is 37.4 Å². The van der Waals surface area contributed by atoms with Gasteiger partial charge in [0.15, 0.2) is 0 Å². The zero-order chi connectivity index (χ0) is 14.8. The molecule has 0 radical (unpaired) electrons. The van der Waals surface area contributed by atoms with Crippen LogP contribution in [-0.4, -0.2) is 48.8 Å². The molecular formula is C16H21NO3. The van der Waals surface area contributed by atoms with Gasteiger partial charge in [0.2, 0.25) is 0 Å². The summed E-state index contributed by atoms with van der Waals surface area (Å²) in [7, 11) is 0. The van der Waals surface area contributed by atoms with Crippen LogP contribution in [0, 0.1) is 11.8 Å². The van der Waals surface area contributed by atoms with E-state index in [0.717, 1.165) is 0 Å². The Morgan fingerprint density at radius 2 is 2.10 bits per heavy atom. The largest absolute Gasteiger partial charge is 0.384 e. The summed E-state index contributed by atoms with van der Waals surface area (Å²) in [4.78, 5) is 14.2. The number of benzene rings is 1. The van der Waals surface area contributed by atoms with Gasteiger partial charge in [-0.3, -0.25) is 4.79 Å². The summed E-state index contributed by atoms with van der Waals surface area (Å²) >= 11 is 0. The lowest BCUT2D eigenvalue weighted by Gasteiger charge is -2.21. The SMILES string of the molecule is CCOCCN(CC)C(=O)c1ccccc1C#CCO. The van der Waals surface area contributed by atoms with Gasteiger partial charge < -0.3 is 14.7 Å². The minimum Gasteiger partial charge on any atom is -0.384 e. The van der Waals surface area contributed by atoms with Crippen LogP contribution in [-0.2, 0) is 4.74 Å². The second kappa shape index (κ2) is 9.13. The average Bonchev–Trinajstić information content (AvgIpc) is 2.49. The van der Waals surface area contributed by atoms with Gasteiger partial charge in [-0.1, -0.05) is 24.0 Å². The number of carbonyl (C=O) groups is 1. The average molecular weight is 275 g/mol. The number of hydrogen-bond acceptors (Lipinski definition) is 3. The van der Waals surface area contributed by atoms with Crippen LogP contribution >= 0.6 is 0 Å². The summed E-state index contributed by atoms with van der Waals surface area (Å²) in [6, 6.07) is 7.18. The highest BCUT2D eigenvalue weighted by atomic mass is 16.5. The van der Waals surface area contributed by atoms with Crippen LogP contribution in [0.15, 0.2) is 24.3 Å². The monoisotopic (exact) mass is 275 g/mol.